The van der Waals surface area contributed by atoms with Gasteiger partial charge in [-0.15, -0.1) is 11.3 Å². The van der Waals surface area contributed by atoms with Crippen molar-refractivity contribution in [3.63, 3.8) is 0 Å². The van der Waals surface area contributed by atoms with Crippen LogP contribution in [0.3, 0.4) is 0 Å². The van der Waals surface area contributed by atoms with E-state index in [0.29, 0.717) is 26.2 Å². The van der Waals surface area contributed by atoms with E-state index < -0.39 is 17.6 Å². The number of halogens is 3. The van der Waals surface area contributed by atoms with Gasteiger partial charge < -0.3 is 19.6 Å². The number of hydrogen-bond donors (Lipinski definition) is 1. The number of aryl methyl sites for hydroxylation is 1. The maximum Gasteiger partial charge on any atom is 0.490 e. The molecule has 2 aromatic rings. The first-order valence-corrected chi connectivity index (χ1v) is 13.1. The van der Waals surface area contributed by atoms with E-state index in [1.54, 1.807) is 7.11 Å². The van der Waals surface area contributed by atoms with Gasteiger partial charge in [0, 0.05) is 62.0 Å². The zero-order valence-corrected chi connectivity index (χ0v) is 22.6. The fourth-order valence-electron chi connectivity index (χ4n) is 5.17. The third-order valence-electron chi connectivity index (χ3n) is 6.90. The molecule has 2 aliphatic rings. The van der Waals surface area contributed by atoms with Crippen LogP contribution < -0.4 is 0 Å². The smallest absolute Gasteiger partial charge is 0.475 e. The Bertz CT molecular complexity index is 1150. The van der Waals surface area contributed by atoms with E-state index in [0.717, 1.165) is 34.8 Å². The minimum Gasteiger partial charge on any atom is -0.475 e. The number of piperidine rings is 1. The monoisotopic (exact) mass is 558 g/mol. The van der Waals surface area contributed by atoms with Crippen LogP contribution in [0.1, 0.15) is 58.9 Å². The average molecular weight is 559 g/mol. The second-order valence-electron chi connectivity index (χ2n) is 9.79. The molecule has 1 N–H and O–H groups in total. The Hall–Kier alpha value is -2.93. The Morgan fingerprint density at radius 3 is 2.53 bits per heavy atom. The zero-order valence-electron chi connectivity index (χ0n) is 21.8. The Morgan fingerprint density at radius 2 is 1.97 bits per heavy atom. The number of alkyl halides is 3. The van der Waals surface area contributed by atoms with Gasteiger partial charge in [-0.05, 0) is 51.8 Å². The van der Waals surface area contributed by atoms with Crippen molar-refractivity contribution in [3.05, 3.63) is 39.8 Å². The molecule has 1 spiro atoms. The Kier molecular flexibility index (Phi) is 9.24. The van der Waals surface area contributed by atoms with Crippen LogP contribution in [0.25, 0.3) is 0 Å². The van der Waals surface area contributed by atoms with Crippen LogP contribution in [0.5, 0.6) is 0 Å². The van der Waals surface area contributed by atoms with Crippen molar-refractivity contribution < 1.29 is 37.4 Å². The molecule has 0 unspecified atom stereocenters. The van der Waals surface area contributed by atoms with Crippen molar-refractivity contribution >= 4 is 29.1 Å². The topological polar surface area (TPSA) is 105 Å². The molecule has 0 radical (unpaired) electrons. The molecule has 2 aromatic heterocycles. The summed E-state index contributed by atoms with van der Waals surface area (Å²) in [5, 5.41) is 11.7. The lowest BCUT2D eigenvalue weighted by molar-refractivity contribution is -0.192. The molecule has 13 heteroatoms. The van der Waals surface area contributed by atoms with E-state index in [9.17, 15) is 22.8 Å². The van der Waals surface area contributed by atoms with Gasteiger partial charge in [-0.25, -0.2) is 4.79 Å². The first kappa shape index (κ1) is 29.6. The highest BCUT2D eigenvalue weighted by Gasteiger charge is 2.57. The molecule has 4 rings (SSSR count). The van der Waals surface area contributed by atoms with E-state index in [4.69, 9.17) is 14.6 Å². The zero-order chi connectivity index (χ0) is 28.3. The van der Waals surface area contributed by atoms with Gasteiger partial charge in [-0.3, -0.25) is 14.3 Å². The van der Waals surface area contributed by atoms with E-state index in [2.05, 4.69) is 18.9 Å². The molecule has 0 aromatic carbocycles. The van der Waals surface area contributed by atoms with Crippen LogP contribution in [0.2, 0.25) is 0 Å². The molecule has 0 bridgehead atoms. The number of amides is 2. The van der Waals surface area contributed by atoms with Gasteiger partial charge in [0.1, 0.15) is 0 Å². The molecule has 2 fully saturated rings. The number of carbonyl (C=O) groups excluding carboxylic acids is 2. The van der Waals surface area contributed by atoms with Crippen molar-refractivity contribution in [2.75, 3.05) is 39.9 Å². The van der Waals surface area contributed by atoms with Gasteiger partial charge in [0.05, 0.1) is 16.9 Å². The number of carboxylic acid groups (broad SMARTS) is 1. The number of hydrogen-bond acceptors (Lipinski definition) is 6. The lowest BCUT2D eigenvalue weighted by atomic mass is 9.70. The van der Waals surface area contributed by atoms with Gasteiger partial charge in [-0.1, -0.05) is 0 Å². The third kappa shape index (κ3) is 6.20. The maximum absolute atomic E-state index is 13.9. The number of aliphatic carboxylic acids is 1. The van der Waals surface area contributed by atoms with Crippen LogP contribution in [0, 0.1) is 12.3 Å². The van der Waals surface area contributed by atoms with Crippen molar-refractivity contribution in [3.8, 4) is 0 Å². The summed E-state index contributed by atoms with van der Waals surface area (Å²) in [5.41, 5.74) is 0.440. The minimum atomic E-state index is -5.08. The number of rotatable bonds is 6. The third-order valence-corrected chi connectivity index (χ3v) is 7.89. The quantitative estimate of drug-likeness (QED) is 0.576. The second kappa shape index (κ2) is 11.9. The summed E-state index contributed by atoms with van der Waals surface area (Å²) >= 11 is 1.52. The number of thiophene rings is 1. The standard InChI is InChI=1S/C23H32N4O3S.C2HF3O2/c1-16(2)27-19(8-10-24-27)18-14-26(21(28)20-7-6-17(3)31-20)15-23(18)9-5-11-25(22(23)29)12-13-30-4;3-2(4,5)1(6)7/h6-8,10,16,18H,5,9,11-15H2,1-4H3;(H,6,7)/t18-,23+;/m0./s1. The van der Waals surface area contributed by atoms with Gasteiger partial charge in [0.15, 0.2) is 0 Å². The molecule has 0 aliphatic carbocycles. The molecule has 210 valence electrons. The van der Waals surface area contributed by atoms with Gasteiger partial charge in [0.25, 0.3) is 5.91 Å². The predicted molar refractivity (Wildman–Crippen MR) is 134 cm³/mol. The van der Waals surface area contributed by atoms with Gasteiger partial charge >= 0.3 is 12.1 Å². The molecular formula is C25H33F3N4O5S. The molecule has 38 heavy (non-hydrogen) atoms. The summed E-state index contributed by atoms with van der Waals surface area (Å²) < 4.78 is 39.0. The molecular weight excluding hydrogens is 525 g/mol. The van der Waals surface area contributed by atoms with Crippen LogP contribution in [0.4, 0.5) is 13.2 Å². The molecule has 9 nitrogen and oxygen atoms in total. The molecule has 2 atom stereocenters. The minimum absolute atomic E-state index is 0.0254. The van der Waals surface area contributed by atoms with E-state index in [1.165, 1.54) is 11.3 Å². The number of aromatic nitrogens is 2. The number of nitrogens with zero attached hydrogens (tertiary/aromatic N) is 4. The fraction of sp³-hybridized carbons (Fsp3) is 0.600. The van der Waals surface area contributed by atoms with Crippen LogP contribution in [-0.4, -0.2) is 88.5 Å². The molecule has 0 saturated carbocycles. The largest absolute Gasteiger partial charge is 0.490 e. The van der Waals surface area contributed by atoms with Crippen molar-refractivity contribution in [1.82, 2.24) is 19.6 Å². The predicted octanol–water partition coefficient (Wildman–Crippen LogP) is 3.96. The molecule has 2 aliphatic heterocycles. The highest BCUT2D eigenvalue weighted by Crippen LogP contribution is 2.50. The highest BCUT2D eigenvalue weighted by molar-refractivity contribution is 7.13. The lowest BCUT2D eigenvalue weighted by Gasteiger charge is -2.42. The molecule has 2 saturated heterocycles. The van der Waals surface area contributed by atoms with Gasteiger partial charge in [-0.2, -0.15) is 18.3 Å². The average Bonchev–Trinajstić information content (AvgIpc) is 3.58. The summed E-state index contributed by atoms with van der Waals surface area (Å²) in [6.07, 6.45) is -1.55. The number of ether oxygens (including phenoxy) is 1. The first-order valence-electron chi connectivity index (χ1n) is 12.3. The van der Waals surface area contributed by atoms with Crippen LogP contribution in [-0.2, 0) is 14.3 Å². The molecule has 4 heterocycles. The summed E-state index contributed by atoms with van der Waals surface area (Å²) in [5.74, 6) is -2.65. The Labute approximate surface area is 223 Å². The van der Waals surface area contributed by atoms with Crippen LogP contribution in [0.15, 0.2) is 24.4 Å². The van der Waals surface area contributed by atoms with Crippen molar-refractivity contribution in [2.45, 2.75) is 51.7 Å². The second-order valence-corrected chi connectivity index (χ2v) is 11.1. The maximum atomic E-state index is 13.9. The summed E-state index contributed by atoms with van der Waals surface area (Å²) in [4.78, 5) is 41.8. The highest BCUT2D eigenvalue weighted by atomic mass is 32.1. The fourth-order valence-corrected chi connectivity index (χ4v) is 6.01. The summed E-state index contributed by atoms with van der Waals surface area (Å²) in [6.45, 7) is 9.06. The number of carbonyl (C=O) groups is 3. The number of methoxy groups -OCH3 is 1. The number of carboxylic acids is 1. The Morgan fingerprint density at radius 1 is 1.29 bits per heavy atom. The number of likely N-dealkylation sites (tertiary alicyclic amines) is 2. The van der Waals surface area contributed by atoms with E-state index in [1.807, 2.05) is 45.8 Å². The van der Waals surface area contributed by atoms with E-state index in [-0.39, 0.29) is 23.8 Å². The summed E-state index contributed by atoms with van der Waals surface area (Å²) in [6, 6.07) is 6.09. The van der Waals surface area contributed by atoms with Crippen molar-refractivity contribution in [1.29, 1.82) is 0 Å². The van der Waals surface area contributed by atoms with Crippen LogP contribution >= 0.6 is 11.3 Å². The van der Waals surface area contributed by atoms with Crippen molar-refractivity contribution in [2.24, 2.45) is 5.41 Å². The summed E-state index contributed by atoms with van der Waals surface area (Å²) in [7, 11) is 1.66. The Balaban J connectivity index is 0.000000505. The van der Waals surface area contributed by atoms with Gasteiger partial charge in [0.2, 0.25) is 5.91 Å². The normalized spacial score (nSPS) is 21.7. The molecule has 2 amide bonds. The van der Waals surface area contributed by atoms with E-state index >= 15 is 0 Å². The SMILES string of the molecule is COCCN1CCC[C@]2(CN(C(=O)c3ccc(C)s3)C[C@H]2c2ccnn2C(C)C)C1=O.O=C(O)C(F)(F)F. The lowest BCUT2D eigenvalue weighted by Crippen LogP contribution is -2.53. The first-order chi connectivity index (χ1) is 17.8.